The summed E-state index contributed by atoms with van der Waals surface area (Å²) >= 11 is 1.68. The maximum atomic E-state index is 9.44. The Kier molecular flexibility index (Phi) is 5.43. The minimum Gasteiger partial charge on any atom is -0.508 e. The number of rotatable bonds is 5. The van der Waals surface area contributed by atoms with Gasteiger partial charge < -0.3 is 15.7 Å². The number of guanidine groups is 1. The van der Waals surface area contributed by atoms with Crippen LogP contribution in [0.3, 0.4) is 0 Å². The SMILES string of the molecule is CCNC(=NCc1ccsc1)NCc1cccc(O)c1. The molecule has 5 heteroatoms. The number of hydrogen-bond donors (Lipinski definition) is 3. The number of nitrogens with one attached hydrogen (secondary N) is 2. The van der Waals surface area contributed by atoms with Crippen molar-refractivity contribution in [2.24, 2.45) is 4.99 Å². The summed E-state index contributed by atoms with van der Waals surface area (Å²) in [4.78, 5) is 4.53. The van der Waals surface area contributed by atoms with Gasteiger partial charge in [-0.1, -0.05) is 12.1 Å². The highest BCUT2D eigenvalue weighted by Gasteiger charge is 1.99. The monoisotopic (exact) mass is 289 g/mol. The molecule has 1 aromatic carbocycles. The molecule has 0 saturated heterocycles. The second-order valence-electron chi connectivity index (χ2n) is 4.35. The van der Waals surface area contributed by atoms with Gasteiger partial charge in [0.15, 0.2) is 5.96 Å². The molecule has 0 atom stereocenters. The molecule has 3 N–H and O–H groups in total. The van der Waals surface area contributed by atoms with Crippen LogP contribution in [0, 0.1) is 0 Å². The molecule has 4 nitrogen and oxygen atoms in total. The number of nitrogens with zero attached hydrogens (tertiary/aromatic N) is 1. The average molecular weight is 289 g/mol. The van der Waals surface area contributed by atoms with E-state index in [2.05, 4.69) is 32.5 Å². The van der Waals surface area contributed by atoms with Crippen molar-refractivity contribution in [3.05, 3.63) is 52.2 Å². The Labute approximate surface area is 123 Å². The van der Waals surface area contributed by atoms with Crippen molar-refractivity contribution in [3.63, 3.8) is 0 Å². The van der Waals surface area contributed by atoms with E-state index in [1.165, 1.54) is 5.56 Å². The number of thiophene rings is 1. The number of phenolic OH excluding ortho intramolecular Hbond substituents is 1. The first-order chi connectivity index (χ1) is 9.78. The lowest BCUT2D eigenvalue weighted by Crippen LogP contribution is -2.36. The van der Waals surface area contributed by atoms with Gasteiger partial charge >= 0.3 is 0 Å². The average Bonchev–Trinajstić information content (AvgIpc) is 2.95. The summed E-state index contributed by atoms with van der Waals surface area (Å²) in [5.74, 6) is 1.06. The molecule has 0 saturated carbocycles. The molecule has 0 radical (unpaired) electrons. The van der Waals surface area contributed by atoms with Gasteiger partial charge in [0.1, 0.15) is 5.75 Å². The highest BCUT2D eigenvalue weighted by atomic mass is 32.1. The largest absolute Gasteiger partial charge is 0.508 e. The normalized spacial score (nSPS) is 11.3. The lowest BCUT2D eigenvalue weighted by atomic mass is 10.2. The Morgan fingerprint density at radius 3 is 2.85 bits per heavy atom. The summed E-state index contributed by atoms with van der Waals surface area (Å²) in [6, 6.07) is 9.29. The van der Waals surface area contributed by atoms with Gasteiger partial charge in [0.2, 0.25) is 0 Å². The van der Waals surface area contributed by atoms with Gasteiger partial charge in [-0.3, -0.25) is 0 Å². The van der Waals surface area contributed by atoms with Gasteiger partial charge in [-0.2, -0.15) is 11.3 Å². The molecule has 0 aliphatic rings. The zero-order chi connectivity index (χ0) is 14.2. The molecular weight excluding hydrogens is 270 g/mol. The summed E-state index contributed by atoms with van der Waals surface area (Å²) in [5, 5.41) is 20.1. The summed E-state index contributed by atoms with van der Waals surface area (Å²) in [7, 11) is 0. The summed E-state index contributed by atoms with van der Waals surface area (Å²) in [6.07, 6.45) is 0. The van der Waals surface area contributed by atoms with Crippen LogP contribution in [0.5, 0.6) is 5.75 Å². The molecule has 1 heterocycles. The molecule has 0 fully saturated rings. The first-order valence-electron chi connectivity index (χ1n) is 6.59. The fourth-order valence-corrected chi connectivity index (χ4v) is 2.41. The van der Waals surface area contributed by atoms with Gasteiger partial charge in [0.25, 0.3) is 0 Å². The van der Waals surface area contributed by atoms with Gasteiger partial charge in [0, 0.05) is 13.1 Å². The first kappa shape index (κ1) is 14.4. The van der Waals surface area contributed by atoms with E-state index in [0.717, 1.165) is 18.1 Å². The minimum atomic E-state index is 0.282. The molecule has 20 heavy (non-hydrogen) atoms. The van der Waals surface area contributed by atoms with Crippen LogP contribution in [0.4, 0.5) is 0 Å². The lowest BCUT2D eigenvalue weighted by Gasteiger charge is -2.11. The summed E-state index contributed by atoms with van der Waals surface area (Å²) in [6.45, 7) is 4.15. The predicted octanol–water partition coefficient (Wildman–Crippen LogP) is 2.71. The van der Waals surface area contributed by atoms with Crippen LogP contribution in [-0.4, -0.2) is 17.6 Å². The second-order valence-corrected chi connectivity index (χ2v) is 5.13. The van der Waals surface area contributed by atoms with E-state index >= 15 is 0 Å². The number of aromatic hydroxyl groups is 1. The van der Waals surface area contributed by atoms with E-state index in [1.54, 1.807) is 23.5 Å². The van der Waals surface area contributed by atoms with Crippen LogP contribution in [0.2, 0.25) is 0 Å². The van der Waals surface area contributed by atoms with Crippen molar-refractivity contribution in [1.29, 1.82) is 0 Å². The number of hydrogen-bond acceptors (Lipinski definition) is 3. The Morgan fingerprint density at radius 2 is 2.15 bits per heavy atom. The zero-order valence-electron chi connectivity index (χ0n) is 11.5. The van der Waals surface area contributed by atoms with Crippen molar-refractivity contribution in [3.8, 4) is 5.75 Å². The van der Waals surface area contributed by atoms with Crippen molar-refractivity contribution in [2.45, 2.75) is 20.0 Å². The summed E-state index contributed by atoms with van der Waals surface area (Å²) in [5.41, 5.74) is 2.23. The highest BCUT2D eigenvalue weighted by Crippen LogP contribution is 2.10. The van der Waals surface area contributed by atoms with E-state index in [1.807, 2.05) is 19.1 Å². The minimum absolute atomic E-state index is 0.282. The van der Waals surface area contributed by atoms with Crippen LogP contribution in [0.1, 0.15) is 18.1 Å². The Balaban J connectivity index is 1.93. The second kappa shape index (κ2) is 7.55. The smallest absolute Gasteiger partial charge is 0.191 e. The van der Waals surface area contributed by atoms with Crippen molar-refractivity contribution in [1.82, 2.24) is 10.6 Å². The van der Waals surface area contributed by atoms with Gasteiger partial charge in [-0.05, 0) is 47.0 Å². The van der Waals surface area contributed by atoms with E-state index in [4.69, 9.17) is 0 Å². The Morgan fingerprint density at radius 1 is 1.25 bits per heavy atom. The van der Waals surface area contributed by atoms with Crippen molar-refractivity contribution in [2.75, 3.05) is 6.54 Å². The Bertz CT molecular complexity index is 552. The predicted molar refractivity (Wildman–Crippen MR) is 84.1 cm³/mol. The molecule has 0 aliphatic heterocycles. The third-order valence-electron chi connectivity index (χ3n) is 2.71. The van der Waals surface area contributed by atoms with Gasteiger partial charge in [0.05, 0.1) is 6.54 Å². The van der Waals surface area contributed by atoms with E-state index in [9.17, 15) is 5.11 Å². The molecule has 106 valence electrons. The van der Waals surface area contributed by atoms with Crippen LogP contribution >= 0.6 is 11.3 Å². The molecule has 1 aromatic heterocycles. The molecule has 2 rings (SSSR count). The fourth-order valence-electron chi connectivity index (χ4n) is 1.75. The maximum Gasteiger partial charge on any atom is 0.191 e. The number of phenols is 1. The van der Waals surface area contributed by atoms with E-state index in [0.29, 0.717) is 13.1 Å². The number of aliphatic imine (C=N–C) groups is 1. The molecule has 0 spiro atoms. The fraction of sp³-hybridized carbons (Fsp3) is 0.267. The third kappa shape index (κ3) is 4.59. The van der Waals surface area contributed by atoms with Gasteiger partial charge in [-0.15, -0.1) is 0 Å². The Hall–Kier alpha value is -2.01. The van der Waals surface area contributed by atoms with E-state index in [-0.39, 0.29) is 5.75 Å². The van der Waals surface area contributed by atoms with Crippen LogP contribution in [-0.2, 0) is 13.1 Å². The quantitative estimate of drug-likeness (QED) is 0.586. The van der Waals surface area contributed by atoms with Crippen LogP contribution in [0.25, 0.3) is 0 Å². The van der Waals surface area contributed by atoms with Crippen molar-refractivity contribution < 1.29 is 5.11 Å². The lowest BCUT2D eigenvalue weighted by molar-refractivity contribution is 0.474. The summed E-state index contributed by atoms with van der Waals surface area (Å²) < 4.78 is 0. The molecular formula is C15H19N3OS. The standard InChI is InChI=1S/C15H19N3OS/c1-2-16-15(18-10-13-6-7-20-11-13)17-9-12-4-3-5-14(19)8-12/h3-8,11,19H,2,9-10H2,1H3,(H2,16,17,18). The molecule has 0 amide bonds. The van der Waals surface area contributed by atoms with Gasteiger partial charge in [-0.25, -0.2) is 4.99 Å². The third-order valence-corrected chi connectivity index (χ3v) is 3.45. The van der Waals surface area contributed by atoms with Crippen LogP contribution in [0.15, 0.2) is 46.1 Å². The van der Waals surface area contributed by atoms with Crippen molar-refractivity contribution >= 4 is 17.3 Å². The first-order valence-corrected chi connectivity index (χ1v) is 7.53. The molecule has 2 aromatic rings. The molecule has 0 aliphatic carbocycles. The topological polar surface area (TPSA) is 56.7 Å². The van der Waals surface area contributed by atoms with Crippen LogP contribution < -0.4 is 10.6 Å². The highest BCUT2D eigenvalue weighted by molar-refractivity contribution is 7.07. The zero-order valence-corrected chi connectivity index (χ0v) is 12.3. The maximum absolute atomic E-state index is 9.44. The molecule has 0 unspecified atom stereocenters. The van der Waals surface area contributed by atoms with E-state index < -0.39 is 0 Å². The molecule has 0 bridgehead atoms. The number of benzene rings is 1.